The first-order valence-corrected chi connectivity index (χ1v) is 9.07. The fraction of sp³-hybridized carbons (Fsp3) is 0.526. The van der Waals surface area contributed by atoms with Gasteiger partial charge in [-0.25, -0.2) is 4.39 Å². The van der Waals surface area contributed by atoms with Gasteiger partial charge in [-0.1, -0.05) is 12.1 Å². The molecule has 0 aromatic heterocycles. The number of nitrogens with zero attached hydrogens (tertiary/aromatic N) is 2. The van der Waals surface area contributed by atoms with Crippen molar-refractivity contribution in [3.63, 3.8) is 0 Å². The van der Waals surface area contributed by atoms with Crippen LogP contribution in [0.2, 0.25) is 0 Å². The fourth-order valence-corrected chi connectivity index (χ4v) is 3.36. The number of rotatable bonds is 6. The van der Waals surface area contributed by atoms with Gasteiger partial charge < -0.3 is 9.64 Å². The molecule has 0 N–H and O–H groups in total. The molecule has 6 nitrogen and oxygen atoms in total. The monoisotopic (exact) mass is 362 g/mol. The van der Waals surface area contributed by atoms with Crippen LogP contribution < -0.4 is 4.74 Å². The van der Waals surface area contributed by atoms with Crippen LogP contribution in [0.1, 0.15) is 38.5 Å². The molecule has 0 spiro atoms. The maximum absolute atomic E-state index is 13.6. The van der Waals surface area contributed by atoms with Crippen molar-refractivity contribution >= 4 is 17.7 Å². The Balaban J connectivity index is 1.39. The minimum absolute atomic E-state index is 0.0217. The second kappa shape index (κ2) is 8.29. The first-order chi connectivity index (χ1) is 12.5. The molecule has 2 aliphatic rings. The number of carbonyl (C=O) groups is 3. The summed E-state index contributed by atoms with van der Waals surface area (Å²) in [7, 11) is 0. The van der Waals surface area contributed by atoms with Gasteiger partial charge in [-0.05, 0) is 18.6 Å². The lowest BCUT2D eigenvalue weighted by Crippen LogP contribution is -2.42. The average Bonchev–Trinajstić information content (AvgIpc) is 2.96. The van der Waals surface area contributed by atoms with Crippen molar-refractivity contribution in [2.45, 2.75) is 44.6 Å². The maximum atomic E-state index is 13.6. The Kier molecular flexibility index (Phi) is 5.85. The third kappa shape index (κ3) is 4.39. The first kappa shape index (κ1) is 18.4. The molecule has 0 bridgehead atoms. The van der Waals surface area contributed by atoms with E-state index in [9.17, 15) is 18.8 Å². The number of hydrogen-bond acceptors (Lipinski definition) is 4. The van der Waals surface area contributed by atoms with Crippen LogP contribution in [-0.2, 0) is 14.4 Å². The van der Waals surface area contributed by atoms with Crippen LogP contribution in [0.4, 0.5) is 4.39 Å². The predicted molar refractivity (Wildman–Crippen MR) is 91.8 cm³/mol. The largest absolute Gasteiger partial charge is 0.487 e. The lowest BCUT2D eigenvalue weighted by molar-refractivity contribution is -0.139. The summed E-state index contributed by atoms with van der Waals surface area (Å²) in [6.45, 7) is 1.45. The molecule has 0 saturated carbocycles. The number of likely N-dealkylation sites (tertiary alicyclic amines) is 2. The highest BCUT2D eigenvalue weighted by Crippen LogP contribution is 2.22. The van der Waals surface area contributed by atoms with Gasteiger partial charge in [0.2, 0.25) is 17.7 Å². The van der Waals surface area contributed by atoms with E-state index in [0.29, 0.717) is 45.3 Å². The average molecular weight is 362 g/mol. The molecule has 0 atom stereocenters. The van der Waals surface area contributed by atoms with Crippen molar-refractivity contribution in [1.29, 1.82) is 0 Å². The second-order valence-electron chi connectivity index (χ2n) is 6.67. The van der Waals surface area contributed by atoms with Crippen LogP contribution in [0, 0.1) is 5.82 Å². The topological polar surface area (TPSA) is 66.9 Å². The smallest absolute Gasteiger partial charge is 0.229 e. The number of piperidine rings is 1. The van der Waals surface area contributed by atoms with E-state index in [4.69, 9.17) is 4.74 Å². The van der Waals surface area contributed by atoms with Crippen LogP contribution in [0.5, 0.6) is 5.75 Å². The molecule has 1 aromatic rings. The molecule has 7 heteroatoms. The van der Waals surface area contributed by atoms with Crippen molar-refractivity contribution < 1.29 is 23.5 Å². The zero-order valence-corrected chi connectivity index (χ0v) is 14.7. The molecule has 2 aliphatic heterocycles. The van der Waals surface area contributed by atoms with Crippen molar-refractivity contribution in [3.8, 4) is 5.75 Å². The Labute approximate surface area is 151 Å². The third-order valence-corrected chi connectivity index (χ3v) is 4.85. The van der Waals surface area contributed by atoms with E-state index in [2.05, 4.69) is 0 Å². The molecular weight excluding hydrogens is 339 g/mol. The standard InChI is InChI=1S/C19H23FN2O4/c20-15-4-1-2-5-16(15)26-14-9-12-21(13-10-14)17(23)6-3-11-22-18(24)7-8-19(22)25/h1-2,4-5,14H,3,6-13H2. The Bertz CT molecular complexity index is 670. The van der Waals surface area contributed by atoms with Gasteiger partial charge in [0.25, 0.3) is 0 Å². The molecule has 2 heterocycles. The zero-order chi connectivity index (χ0) is 18.5. The molecule has 0 aliphatic carbocycles. The van der Waals surface area contributed by atoms with E-state index in [1.54, 1.807) is 23.1 Å². The Hall–Kier alpha value is -2.44. The van der Waals surface area contributed by atoms with Crippen molar-refractivity contribution in [2.24, 2.45) is 0 Å². The molecule has 26 heavy (non-hydrogen) atoms. The molecule has 1 aromatic carbocycles. The summed E-state index contributed by atoms with van der Waals surface area (Å²) in [6.07, 6.45) is 2.57. The number of carbonyl (C=O) groups excluding carboxylic acids is 3. The first-order valence-electron chi connectivity index (χ1n) is 9.07. The van der Waals surface area contributed by atoms with E-state index in [1.165, 1.54) is 11.0 Å². The van der Waals surface area contributed by atoms with Gasteiger partial charge in [-0.3, -0.25) is 19.3 Å². The second-order valence-corrected chi connectivity index (χ2v) is 6.67. The summed E-state index contributed by atoms with van der Waals surface area (Å²) in [5.74, 6) is -0.398. The summed E-state index contributed by atoms with van der Waals surface area (Å²) in [5, 5.41) is 0. The van der Waals surface area contributed by atoms with E-state index in [0.717, 1.165) is 0 Å². The molecule has 2 fully saturated rings. The number of para-hydroxylation sites is 1. The molecule has 3 rings (SSSR count). The van der Waals surface area contributed by atoms with Crippen molar-refractivity contribution in [1.82, 2.24) is 9.80 Å². The highest BCUT2D eigenvalue weighted by Gasteiger charge is 2.29. The highest BCUT2D eigenvalue weighted by molar-refractivity contribution is 6.01. The highest BCUT2D eigenvalue weighted by atomic mass is 19.1. The van der Waals surface area contributed by atoms with Crippen LogP contribution in [-0.4, -0.2) is 53.3 Å². The van der Waals surface area contributed by atoms with Crippen LogP contribution in [0.15, 0.2) is 24.3 Å². The summed E-state index contributed by atoms with van der Waals surface area (Å²) in [4.78, 5) is 38.4. The lowest BCUT2D eigenvalue weighted by Gasteiger charge is -2.32. The number of amides is 3. The van der Waals surface area contributed by atoms with Crippen LogP contribution in [0.25, 0.3) is 0 Å². The van der Waals surface area contributed by atoms with Crippen LogP contribution >= 0.6 is 0 Å². The summed E-state index contributed by atoms with van der Waals surface area (Å²) in [5.41, 5.74) is 0. The summed E-state index contributed by atoms with van der Waals surface area (Å²) in [6, 6.07) is 6.32. The van der Waals surface area contributed by atoms with E-state index >= 15 is 0 Å². The number of ether oxygens (including phenoxy) is 1. The third-order valence-electron chi connectivity index (χ3n) is 4.85. The SMILES string of the molecule is O=C(CCCN1C(=O)CCC1=O)N1CCC(Oc2ccccc2F)CC1. The Morgan fingerprint density at radius 1 is 1.12 bits per heavy atom. The molecule has 0 radical (unpaired) electrons. The molecule has 140 valence electrons. The number of imide groups is 1. The van der Waals surface area contributed by atoms with Gasteiger partial charge in [0.1, 0.15) is 6.10 Å². The Morgan fingerprint density at radius 3 is 2.42 bits per heavy atom. The maximum Gasteiger partial charge on any atom is 0.229 e. The van der Waals surface area contributed by atoms with Gasteiger partial charge in [0.05, 0.1) is 0 Å². The Morgan fingerprint density at radius 2 is 1.77 bits per heavy atom. The van der Waals surface area contributed by atoms with Gasteiger partial charge >= 0.3 is 0 Å². The predicted octanol–water partition coefficient (Wildman–Crippen LogP) is 2.12. The van der Waals surface area contributed by atoms with Crippen molar-refractivity contribution in [3.05, 3.63) is 30.1 Å². The number of halogens is 1. The lowest BCUT2D eigenvalue weighted by atomic mass is 10.1. The van der Waals surface area contributed by atoms with Gasteiger partial charge in [-0.15, -0.1) is 0 Å². The zero-order valence-electron chi connectivity index (χ0n) is 14.7. The molecule has 0 unspecified atom stereocenters. The quantitative estimate of drug-likeness (QED) is 0.727. The normalized spacial score (nSPS) is 18.5. The van der Waals surface area contributed by atoms with Crippen molar-refractivity contribution in [2.75, 3.05) is 19.6 Å². The van der Waals surface area contributed by atoms with Gasteiger partial charge in [0, 0.05) is 51.7 Å². The van der Waals surface area contributed by atoms with Gasteiger partial charge in [0.15, 0.2) is 11.6 Å². The number of hydrogen-bond donors (Lipinski definition) is 0. The number of benzene rings is 1. The van der Waals surface area contributed by atoms with Gasteiger partial charge in [-0.2, -0.15) is 0 Å². The molecule has 3 amide bonds. The summed E-state index contributed by atoms with van der Waals surface area (Å²) < 4.78 is 19.3. The minimum Gasteiger partial charge on any atom is -0.487 e. The summed E-state index contributed by atoms with van der Waals surface area (Å²) >= 11 is 0. The van der Waals surface area contributed by atoms with Crippen LogP contribution in [0.3, 0.4) is 0 Å². The fourth-order valence-electron chi connectivity index (χ4n) is 3.36. The minimum atomic E-state index is -0.378. The van der Waals surface area contributed by atoms with E-state index in [-0.39, 0.29) is 48.2 Å². The van der Waals surface area contributed by atoms with E-state index < -0.39 is 0 Å². The van der Waals surface area contributed by atoms with E-state index in [1.807, 2.05) is 0 Å². The molecule has 2 saturated heterocycles. The molecular formula is C19H23FN2O4.